The highest BCUT2D eigenvalue weighted by Gasteiger charge is 2.16. The van der Waals surface area contributed by atoms with Crippen molar-refractivity contribution in [1.29, 1.82) is 5.26 Å². The number of amidine groups is 1. The topological polar surface area (TPSA) is 62.2 Å². The minimum absolute atomic E-state index is 0.0123. The van der Waals surface area contributed by atoms with Gasteiger partial charge in [0.15, 0.2) is 5.82 Å². The molecule has 0 atom stereocenters. The predicted octanol–water partition coefficient (Wildman–Crippen LogP) is 3.34. The van der Waals surface area contributed by atoms with Crippen molar-refractivity contribution < 1.29 is 4.39 Å². The Balaban J connectivity index is 3.51. The Bertz CT molecular complexity index is 497. The van der Waals surface area contributed by atoms with Crippen LogP contribution in [0.1, 0.15) is 5.56 Å². The van der Waals surface area contributed by atoms with Crippen LogP contribution in [0.5, 0.6) is 0 Å². The Hall–Kier alpha value is -0.830. The molecule has 0 bridgehead atoms. The number of nitriles is 1. The zero-order valence-electron chi connectivity index (χ0n) is 7.77. The molecular weight excluding hydrogens is 320 g/mol. The van der Waals surface area contributed by atoms with E-state index in [-0.39, 0.29) is 28.0 Å². The molecule has 0 aliphatic heterocycles. The van der Waals surface area contributed by atoms with E-state index in [2.05, 4.69) is 20.9 Å². The van der Waals surface area contributed by atoms with E-state index >= 15 is 0 Å². The van der Waals surface area contributed by atoms with Crippen LogP contribution in [0.2, 0.25) is 5.02 Å². The van der Waals surface area contributed by atoms with Crippen LogP contribution in [0.15, 0.2) is 15.5 Å². The van der Waals surface area contributed by atoms with Crippen LogP contribution in [0.3, 0.4) is 0 Å². The summed E-state index contributed by atoms with van der Waals surface area (Å²) in [6.07, 6.45) is 0. The number of benzene rings is 1. The maximum atomic E-state index is 13.5. The molecule has 84 valence electrons. The number of nitrogens with two attached hydrogens (primary N) is 1. The van der Waals surface area contributed by atoms with Gasteiger partial charge in [-0.3, -0.25) is 0 Å². The van der Waals surface area contributed by atoms with Crippen LogP contribution in [0.4, 0.5) is 10.1 Å². The third kappa shape index (κ3) is 2.64. The van der Waals surface area contributed by atoms with Gasteiger partial charge in [-0.25, -0.2) is 9.38 Å². The number of halogens is 4. The summed E-state index contributed by atoms with van der Waals surface area (Å²) in [6.45, 7) is 0. The van der Waals surface area contributed by atoms with Gasteiger partial charge in [0.25, 0.3) is 0 Å². The van der Waals surface area contributed by atoms with Crippen LogP contribution in [-0.4, -0.2) is 11.7 Å². The second kappa shape index (κ2) is 5.48. The lowest BCUT2D eigenvalue weighted by molar-refractivity contribution is 0.624. The molecule has 0 aromatic heterocycles. The molecule has 0 fully saturated rings. The highest BCUT2D eigenvalue weighted by Crippen LogP contribution is 2.35. The smallest absolute Gasteiger partial charge is 0.161 e. The van der Waals surface area contributed by atoms with Gasteiger partial charge in [-0.15, -0.1) is 11.6 Å². The molecule has 7 heteroatoms. The largest absolute Gasteiger partial charge is 0.386 e. The number of hydrogen-bond acceptors (Lipinski definition) is 2. The highest BCUT2D eigenvalue weighted by molar-refractivity contribution is 9.10. The number of alkyl halides is 1. The molecule has 0 unspecified atom stereocenters. The van der Waals surface area contributed by atoms with E-state index in [0.29, 0.717) is 4.47 Å². The van der Waals surface area contributed by atoms with Crippen LogP contribution < -0.4 is 5.73 Å². The number of hydrogen-bond donors (Lipinski definition) is 1. The summed E-state index contributed by atoms with van der Waals surface area (Å²) < 4.78 is 13.9. The van der Waals surface area contributed by atoms with Crippen molar-refractivity contribution in [3.05, 3.63) is 26.9 Å². The second-order valence-electron chi connectivity index (χ2n) is 2.73. The third-order valence-corrected chi connectivity index (χ3v) is 2.80. The third-order valence-electron chi connectivity index (χ3n) is 1.65. The first-order chi connectivity index (χ1) is 7.51. The van der Waals surface area contributed by atoms with Gasteiger partial charge in [0.05, 0.1) is 10.9 Å². The molecule has 0 saturated heterocycles. The Morgan fingerprint density at radius 3 is 2.81 bits per heavy atom. The molecule has 0 amide bonds. The summed E-state index contributed by atoms with van der Waals surface area (Å²) in [5.74, 6) is -0.754. The van der Waals surface area contributed by atoms with Crippen LogP contribution in [0, 0.1) is 17.1 Å². The van der Waals surface area contributed by atoms with E-state index in [1.807, 2.05) is 0 Å². The first-order valence-corrected chi connectivity index (χ1v) is 5.68. The fourth-order valence-electron chi connectivity index (χ4n) is 0.971. The van der Waals surface area contributed by atoms with Gasteiger partial charge in [-0.1, -0.05) is 11.6 Å². The first kappa shape index (κ1) is 13.2. The van der Waals surface area contributed by atoms with Crippen molar-refractivity contribution in [3.63, 3.8) is 0 Å². The standard InChI is InChI=1S/C9H5BrCl2FN3/c10-5-1-6(12)8(13)4(3-14)9(5)16-7(15)2-11/h1H,2H2,(H2,15,16). The van der Waals surface area contributed by atoms with E-state index in [1.54, 1.807) is 6.07 Å². The number of aliphatic imine (C=N–C) groups is 1. The molecule has 0 saturated carbocycles. The molecule has 2 N–H and O–H groups in total. The maximum Gasteiger partial charge on any atom is 0.161 e. The van der Waals surface area contributed by atoms with Gasteiger partial charge in [-0.05, 0) is 22.0 Å². The Labute approximate surface area is 110 Å². The molecule has 0 aliphatic rings. The fourth-order valence-corrected chi connectivity index (χ4v) is 1.88. The van der Waals surface area contributed by atoms with Crippen molar-refractivity contribution >= 4 is 50.7 Å². The lowest BCUT2D eigenvalue weighted by atomic mass is 10.2. The van der Waals surface area contributed by atoms with E-state index in [1.165, 1.54) is 6.07 Å². The van der Waals surface area contributed by atoms with Crippen molar-refractivity contribution in [3.8, 4) is 6.07 Å². The van der Waals surface area contributed by atoms with Gasteiger partial charge in [0, 0.05) is 4.47 Å². The normalized spacial score (nSPS) is 11.3. The average Bonchev–Trinajstić information content (AvgIpc) is 2.26. The van der Waals surface area contributed by atoms with Gasteiger partial charge in [0.2, 0.25) is 0 Å². The summed E-state index contributed by atoms with van der Waals surface area (Å²) in [6, 6.07) is 2.98. The number of rotatable bonds is 2. The zero-order chi connectivity index (χ0) is 12.3. The lowest BCUT2D eigenvalue weighted by Crippen LogP contribution is -2.12. The Morgan fingerprint density at radius 1 is 1.69 bits per heavy atom. The van der Waals surface area contributed by atoms with E-state index in [9.17, 15) is 4.39 Å². The average molecular weight is 325 g/mol. The molecule has 0 aliphatic carbocycles. The molecular formula is C9H5BrCl2FN3. The van der Waals surface area contributed by atoms with E-state index in [4.69, 9.17) is 34.2 Å². The van der Waals surface area contributed by atoms with Crippen molar-refractivity contribution in [2.45, 2.75) is 0 Å². The van der Waals surface area contributed by atoms with Crippen molar-refractivity contribution in [2.24, 2.45) is 10.7 Å². The summed E-state index contributed by atoms with van der Waals surface area (Å²) in [5.41, 5.74) is 5.23. The molecule has 3 nitrogen and oxygen atoms in total. The summed E-state index contributed by atoms with van der Waals surface area (Å²) >= 11 is 14.1. The molecule has 1 aromatic rings. The summed E-state index contributed by atoms with van der Waals surface area (Å²) in [4.78, 5) is 3.84. The van der Waals surface area contributed by atoms with Gasteiger partial charge < -0.3 is 5.73 Å². The van der Waals surface area contributed by atoms with Crippen molar-refractivity contribution in [2.75, 3.05) is 5.88 Å². The first-order valence-electron chi connectivity index (χ1n) is 3.97. The van der Waals surface area contributed by atoms with E-state index < -0.39 is 5.82 Å². The molecule has 1 aromatic carbocycles. The lowest BCUT2D eigenvalue weighted by Gasteiger charge is -2.05. The fraction of sp³-hybridized carbons (Fsp3) is 0.111. The highest BCUT2D eigenvalue weighted by atomic mass is 79.9. The molecule has 1 rings (SSSR count). The predicted molar refractivity (Wildman–Crippen MR) is 65.8 cm³/mol. The minimum atomic E-state index is -0.825. The zero-order valence-corrected chi connectivity index (χ0v) is 10.9. The molecule has 0 heterocycles. The molecule has 0 radical (unpaired) electrons. The van der Waals surface area contributed by atoms with Crippen LogP contribution in [0.25, 0.3) is 0 Å². The SMILES string of the molecule is N#Cc1c(F)c(Cl)cc(Br)c1N=C(N)CCl. The van der Waals surface area contributed by atoms with Crippen molar-refractivity contribution in [1.82, 2.24) is 0 Å². The Kier molecular flexibility index (Phi) is 4.54. The minimum Gasteiger partial charge on any atom is -0.386 e. The van der Waals surface area contributed by atoms with Gasteiger partial charge >= 0.3 is 0 Å². The molecule has 0 spiro atoms. The maximum absolute atomic E-state index is 13.5. The quantitative estimate of drug-likeness (QED) is 0.392. The van der Waals surface area contributed by atoms with Crippen LogP contribution in [-0.2, 0) is 0 Å². The second-order valence-corrected chi connectivity index (χ2v) is 4.26. The van der Waals surface area contributed by atoms with Crippen LogP contribution >= 0.6 is 39.1 Å². The summed E-state index contributed by atoms with van der Waals surface area (Å²) in [7, 11) is 0. The van der Waals surface area contributed by atoms with Gasteiger partial charge in [0.1, 0.15) is 23.2 Å². The summed E-state index contributed by atoms with van der Waals surface area (Å²) in [5, 5.41) is 8.66. The number of nitrogens with zero attached hydrogens (tertiary/aromatic N) is 2. The van der Waals surface area contributed by atoms with Gasteiger partial charge in [-0.2, -0.15) is 5.26 Å². The molecule has 16 heavy (non-hydrogen) atoms. The van der Waals surface area contributed by atoms with E-state index in [0.717, 1.165) is 0 Å². The Morgan fingerprint density at radius 2 is 2.31 bits per heavy atom. The monoisotopic (exact) mass is 323 g/mol.